The second kappa shape index (κ2) is 10.5. The zero-order valence-corrected chi connectivity index (χ0v) is 22.9. The molecule has 1 fully saturated rings. The third-order valence-corrected chi connectivity index (χ3v) is 9.33. The fraction of sp³-hybridized carbons (Fsp3) is 0.143. The number of phenols is 1. The largest absolute Gasteiger partial charge is 0.508 e. The molecule has 2 aliphatic rings. The van der Waals surface area contributed by atoms with Crippen molar-refractivity contribution in [3.05, 3.63) is 97.9 Å². The Hall–Kier alpha value is -4.06. The van der Waals surface area contributed by atoms with Crippen molar-refractivity contribution < 1.29 is 24.2 Å². The number of para-hydroxylation sites is 1. The van der Waals surface area contributed by atoms with Crippen molar-refractivity contribution in [2.24, 2.45) is 5.92 Å². The summed E-state index contributed by atoms with van der Waals surface area (Å²) in [5.41, 5.74) is 1.50. The Labute approximate surface area is 240 Å². The van der Waals surface area contributed by atoms with E-state index in [4.69, 9.17) is 16.3 Å². The van der Waals surface area contributed by atoms with Crippen molar-refractivity contribution in [2.45, 2.75) is 16.2 Å². The number of anilines is 2. The summed E-state index contributed by atoms with van der Waals surface area (Å²) in [6.07, 6.45) is 0. The standard InChI is InChI=1S/C28H20ClN3O6S2/c29-14-5-9-16(10-6-14)32-26(35)22-21(23-25(31-28(37)40-23)39-24(22)27(32)36)18-3-1-2-4-19(18)38-13-20(34)30-15-7-11-17(33)12-8-15/h1-12,21-22,24,33H,13H2,(H,30,34)(H,31,37). The van der Waals surface area contributed by atoms with E-state index in [1.807, 2.05) is 0 Å². The van der Waals surface area contributed by atoms with E-state index in [9.17, 15) is 24.3 Å². The monoisotopic (exact) mass is 593 g/mol. The Bertz CT molecular complexity index is 1690. The SMILES string of the molecule is O=C(COc1ccccc1C1c2sc(=O)[nH]c2SC2C(=O)N(c3ccc(Cl)cc3)C(=O)C21)Nc1ccc(O)cc1. The van der Waals surface area contributed by atoms with Crippen molar-refractivity contribution >= 4 is 63.8 Å². The van der Waals surface area contributed by atoms with Crippen LogP contribution in [0.3, 0.4) is 0 Å². The van der Waals surface area contributed by atoms with E-state index < -0.39 is 23.0 Å². The number of hydrogen-bond donors (Lipinski definition) is 3. The van der Waals surface area contributed by atoms with Crippen LogP contribution in [0, 0.1) is 5.92 Å². The molecule has 3 amide bonds. The molecule has 6 rings (SSSR count). The summed E-state index contributed by atoms with van der Waals surface area (Å²) in [7, 11) is 0. The number of fused-ring (bicyclic) bond motifs is 2. The number of amides is 3. The molecule has 202 valence electrons. The number of carbonyl (C=O) groups excluding carboxylic acids is 3. The predicted octanol–water partition coefficient (Wildman–Crippen LogP) is 4.61. The zero-order valence-electron chi connectivity index (χ0n) is 20.5. The number of halogens is 1. The van der Waals surface area contributed by atoms with Crippen molar-refractivity contribution in [1.29, 1.82) is 0 Å². The summed E-state index contributed by atoms with van der Waals surface area (Å²) < 4.78 is 5.93. The number of phenolic OH excluding ortho intramolecular Hbond substituents is 1. The van der Waals surface area contributed by atoms with Gasteiger partial charge in [-0.15, -0.1) is 0 Å². The third kappa shape index (κ3) is 4.76. The molecule has 12 heteroatoms. The highest BCUT2D eigenvalue weighted by molar-refractivity contribution is 8.00. The molecule has 3 atom stereocenters. The van der Waals surface area contributed by atoms with E-state index in [-0.39, 0.29) is 29.0 Å². The van der Waals surface area contributed by atoms with Crippen molar-refractivity contribution in [2.75, 3.05) is 16.8 Å². The topological polar surface area (TPSA) is 129 Å². The van der Waals surface area contributed by atoms with Gasteiger partial charge in [0.15, 0.2) is 6.61 Å². The number of ether oxygens (including phenoxy) is 1. The van der Waals surface area contributed by atoms with Gasteiger partial charge in [0.1, 0.15) is 16.7 Å². The smallest absolute Gasteiger partial charge is 0.305 e. The molecule has 40 heavy (non-hydrogen) atoms. The second-order valence-electron chi connectivity index (χ2n) is 9.16. The highest BCUT2D eigenvalue weighted by atomic mass is 35.5. The highest BCUT2D eigenvalue weighted by Crippen LogP contribution is 2.54. The second-order valence-corrected chi connectivity index (χ2v) is 11.8. The molecule has 3 heterocycles. The molecule has 3 unspecified atom stereocenters. The first-order chi connectivity index (χ1) is 19.3. The van der Waals surface area contributed by atoms with Crippen LogP contribution in [0.4, 0.5) is 11.4 Å². The number of thiazole rings is 1. The number of nitrogens with zero attached hydrogens (tertiary/aromatic N) is 1. The Kier molecular flexibility index (Phi) is 6.87. The predicted molar refractivity (Wildman–Crippen MR) is 153 cm³/mol. The quantitative estimate of drug-likeness (QED) is 0.220. The van der Waals surface area contributed by atoms with Crippen LogP contribution in [-0.2, 0) is 14.4 Å². The first-order valence-electron chi connectivity index (χ1n) is 12.1. The van der Waals surface area contributed by atoms with Crippen molar-refractivity contribution in [3.63, 3.8) is 0 Å². The summed E-state index contributed by atoms with van der Waals surface area (Å²) in [6, 6.07) is 19.5. The van der Waals surface area contributed by atoms with E-state index in [2.05, 4.69) is 10.3 Å². The van der Waals surface area contributed by atoms with Gasteiger partial charge in [0.2, 0.25) is 11.8 Å². The van der Waals surface area contributed by atoms with Gasteiger partial charge in [0, 0.05) is 27.1 Å². The Morgan fingerprint density at radius 2 is 1.73 bits per heavy atom. The Morgan fingerprint density at radius 3 is 2.48 bits per heavy atom. The van der Waals surface area contributed by atoms with E-state index in [1.165, 1.54) is 28.8 Å². The molecule has 0 bridgehead atoms. The fourth-order valence-corrected chi connectivity index (χ4v) is 7.58. The van der Waals surface area contributed by atoms with Crippen LogP contribution in [0.15, 0.2) is 82.6 Å². The third-order valence-electron chi connectivity index (χ3n) is 6.67. The molecule has 2 aliphatic heterocycles. The Morgan fingerprint density at radius 1 is 1.00 bits per heavy atom. The molecule has 1 aromatic heterocycles. The van der Waals surface area contributed by atoms with Gasteiger partial charge in [0.05, 0.1) is 16.6 Å². The number of aromatic hydroxyl groups is 1. The molecule has 0 spiro atoms. The molecule has 1 saturated heterocycles. The number of carbonyl (C=O) groups is 3. The maximum Gasteiger partial charge on any atom is 0.305 e. The minimum atomic E-state index is -0.803. The van der Waals surface area contributed by atoms with Crippen molar-refractivity contribution in [1.82, 2.24) is 4.98 Å². The van der Waals surface area contributed by atoms with Gasteiger partial charge < -0.3 is 20.1 Å². The minimum Gasteiger partial charge on any atom is -0.508 e. The molecule has 0 radical (unpaired) electrons. The number of rotatable bonds is 6. The lowest BCUT2D eigenvalue weighted by Crippen LogP contribution is -2.32. The van der Waals surface area contributed by atoms with Gasteiger partial charge >= 0.3 is 4.87 Å². The maximum absolute atomic E-state index is 13.9. The van der Waals surface area contributed by atoms with Gasteiger partial charge in [-0.25, -0.2) is 4.90 Å². The van der Waals surface area contributed by atoms with Crippen LogP contribution >= 0.6 is 34.7 Å². The lowest BCUT2D eigenvalue weighted by molar-refractivity contribution is -0.122. The number of H-pyrrole nitrogens is 1. The summed E-state index contributed by atoms with van der Waals surface area (Å²) in [4.78, 5) is 56.8. The lowest BCUT2D eigenvalue weighted by Gasteiger charge is -2.30. The van der Waals surface area contributed by atoms with Gasteiger partial charge in [-0.3, -0.25) is 19.2 Å². The number of aromatic nitrogens is 1. The maximum atomic E-state index is 13.9. The summed E-state index contributed by atoms with van der Waals surface area (Å²) in [6.45, 7) is -0.326. The minimum absolute atomic E-state index is 0.0770. The first-order valence-corrected chi connectivity index (χ1v) is 14.2. The van der Waals surface area contributed by atoms with E-state index in [1.54, 1.807) is 60.7 Å². The van der Waals surface area contributed by atoms with E-state index >= 15 is 0 Å². The number of imide groups is 1. The molecule has 4 aromatic rings. The van der Waals surface area contributed by atoms with Gasteiger partial charge in [-0.1, -0.05) is 52.9 Å². The van der Waals surface area contributed by atoms with Crippen molar-refractivity contribution in [3.8, 4) is 11.5 Å². The molecule has 0 aliphatic carbocycles. The van der Waals surface area contributed by atoms with E-state index in [0.717, 1.165) is 11.3 Å². The molecule has 9 nitrogen and oxygen atoms in total. The normalized spacial score (nSPS) is 19.7. The first kappa shape index (κ1) is 26.2. The van der Waals surface area contributed by atoms with E-state index in [0.29, 0.717) is 37.6 Å². The number of aromatic amines is 1. The number of benzene rings is 3. The van der Waals surface area contributed by atoms with Crippen LogP contribution in [0.1, 0.15) is 16.4 Å². The van der Waals surface area contributed by atoms with Crippen LogP contribution in [0.25, 0.3) is 0 Å². The fourth-order valence-electron chi connectivity index (χ4n) is 4.95. The number of hydrogen-bond acceptors (Lipinski definition) is 8. The molecular formula is C28H20ClN3O6S2. The average molecular weight is 594 g/mol. The van der Waals surface area contributed by atoms with Crippen LogP contribution in [-0.4, -0.2) is 39.7 Å². The van der Waals surface area contributed by atoms with Gasteiger partial charge in [-0.05, 0) is 54.6 Å². The van der Waals surface area contributed by atoms with Crippen LogP contribution in [0.5, 0.6) is 11.5 Å². The van der Waals surface area contributed by atoms with Gasteiger partial charge in [-0.2, -0.15) is 0 Å². The highest BCUT2D eigenvalue weighted by Gasteiger charge is 2.56. The summed E-state index contributed by atoms with van der Waals surface area (Å²) in [5, 5.41) is 12.4. The summed E-state index contributed by atoms with van der Waals surface area (Å²) in [5.74, 6) is -2.22. The van der Waals surface area contributed by atoms with Crippen LogP contribution in [0.2, 0.25) is 5.02 Å². The molecule has 0 saturated carbocycles. The van der Waals surface area contributed by atoms with Crippen LogP contribution < -0.4 is 19.8 Å². The van der Waals surface area contributed by atoms with Gasteiger partial charge in [0.25, 0.3) is 5.91 Å². The lowest BCUT2D eigenvalue weighted by atomic mass is 9.82. The zero-order chi connectivity index (χ0) is 28.0. The Balaban J connectivity index is 1.33. The number of nitrogens with one attached hydrogen (secondary N) is 2. The molecule has 3 aromatic carbocycles. The summed E-state index contributed by atoms with van der Waals surface area (Å²) >= 11 is 8.20. The molecule has 3 N–H and O–H groups in total. The average Bonchev–Trinajstić information content (AvgIpc) is 3.44. The number of thioether (sulfide) groups is 1. The molecular weight excluding hydrogens is 574 g/mol.